The number of rotatable bonds is 1. The van der Waals surface area contributed by atoms with Crippen molar-refractivity contribution in [1.82, 2.24) is 0 Å². The Hall–Kier alpha value is -0.0400. The van der Waals surface area contributed by atoms with Crippen LogP contribution in [-0.2, 0) is 4.74 Å². The molecule has 1 aliphatic rings. The maximum Gasteiger partial charge on any atom is 0.0578 e. The first-order valence-electron chi connectivity index (χ1n) is 5.01. The van der Waals surface area contributed by atoms with Gasteiger partial charge in [-0.05, 0) is 23.7 Å². The van der Waals surface area contributed by atoms with E-state index in [0.29, 0.717) is 16.9 Å². The lowest BCUT2D eigenvalue weighted by Gasteiger charge is -2.48. The second kappa shape index (κ2) is 3.02. The van der Waals surface area contributed by atoms with Gasteiger partial charge in [-0.1, -0.05) is 34.6 Å². The van der Waals surface area contributed by atoms with Crippen molar-refractivity contribution < 1.29 is 4.74 Å². The summed E-state index contributed by atoms with van der Waals surface area (Å²) in [4.78, 5) is 0. The van der Waals surface area contributed by atoms with Crippen molar-refractivity contribution in [1.29, 1.82) is 0 Å². The topological polar surface area (TPSA) is 9.23 Å². The van der Waals surface area contributed by atoms with Crippen LogP contribution in [0.3, 0.4) is 0 Å². The van der Waals surface area contributed by atoms with Crippen LogP contribution in [0, 0.1) is 10.8 Å². The molecule has 0 saturated carbocycles. The van der Waals surface area contributed by atoms with Crippen molar-refractivity contribution in [2.24, 2.45) is 10.8 Å². The van der Waals surface area contributed by atoms with Crippen LogP contribution in [0.5, 0.6) is 0 Å². The molecular formula is C11H22O. The molecule has 0 amide bonds. The van der Waals surface area contributed by atoms with Gasteiger partial charge in [0.15, 0.2) is 0 Å². The lowest BCUT2D eigenvalue weighted by atomic mass is 9.64. The molecule has 1 rings (SSSR count). The maximum absolute atomic E-state index is 5.78. The summed E-state index contributed by atoms with van der Waals surface area (Å²) in [6.07, 6.45) is 2.85. The molecule has 0 aromatic carbocycles. The van der Waals surface area contributed by atoms with Crippen LogP contribution in [0.1, 0.15) is 47.5 Å². The van der Waals surface area contributed by atoms with E-state index in [-0.39, 0.29) is 0 Å². The van der Waals surface area contributed by atoms with Gasteiger partial charge in [0, 0.05) is 0 Å². The molecule has 0 N–H and O–H groups in total. The van der Waals surface area contributed by atoms with Gasteiger partial charge in [-0.25, -0.2) is 0 Å². The molecular weight excluding hydrogens is 148 g/mol. The van der Waals surface area contributed by atoms with E-state index < -0.39 is 0 Å². The molecule has 1 heteroatoms. The molecule has 1 unspecified atom stereocenters. The maximum atomic E-state index is 5.78. The summed E-state index contributed by atoms with van der Waals surface area (Å²) in [7, 11) is 0. The summed E-state index contributed by atoms with van der Waals surface area (Å²) in [6.45, 7) is 12.5. The molecule has 0 aromatic rings. The normalized spacial score (nSPS) is 33.2. The molecule has 72 valence electrons. The van der Waals surface area contributed by atoms with Gasteiger partial charge in [0.25, 0.3) is 0 Å². The Labute approximate surface area is 76.5 Å². The van der Waals surface area contributed by atoms with E-state index in [4.69, 9.17) is 4.74 Å². The fourth-order valence-electron chi connectivity index (χ4n) is 1.69. The highest BCUT2D eigenvalue weighted by Crippen LogP contribution is 2.46. The molecule has 0 bridgehead atoms. The van der Waals surface area contributed by atoms with Crippen molar-refractivity contribution in [3.8, 4) is 0 Å². The fourth-order valence-corrected chi connectivity index (χ4v) is 1.69. The van der Waals surface area contributed by atoms with Crippen LogP contribution in [0.25, 0.3) is 0 Å². The Bertz CT molecular complexity index is 158. The molecule has 0 radical (unpaired) electrons. The monoisotopic (exact) mass is 170 g/mol. The number of ether oxygens (including phenoxy) is 1. The first kappa shape index (κ1) is 10.0. The van der Waals surface area contributed by atoms with E-state index in [1.165, 1.54) is 6.42 Å². The summed E-state index contributed by atoms with van der Waals surface area (Å²) in [5.74, 6) is 0. The van der Waals surface area contributed by atoms with E-state index >= 15 is 0 Å². The quantitative estimate of drug-likeness (QED) is 0.587. The lowest BCUT2D eigenvalue weighted by molar-refractivity contribution is -0.121. The summed E-state index contributed by atoms with van der Waals surface area (Å²) in [6, 6.07) is 0. The average molecular weight is 170 g/mol. The first-order valence-corrected chi connectivity index (χ1v) is 5.01. The third kappa shape index (κ3) is 1.66. The van der Waals surface area contributed by atoms with E-state index in [9.17, 15) is 0 Å². The SMILES string of the molecule is CCC1CC(C)(C)C(C)(C)CO1. The van der Waals surface area contributed by atoms with Gasteiger partial charge in [0.1, 0.15) is 0 Å². The molecule has 1 heterocycles. The second-order valence-corrected chi connectivity index (χ2v) is 5.31. The Kier molecular flexibility index (Phi) is 2.53. The zero-order chi connectivity index (χ0) is 9.41. The van der Waals surface area contributed by atoms with Crippen molar-refractivity contribution in [2.75, 3.05) is 6.61 Å². The van der Waals surface area contributed by atoms with Gasteiger partial charge in [0.05, 0.1) is 12.7 Å². The molecule has 0 spiro atoms. The zero-order valence-electron chi connectivity index (χ0n) is 9.11. The van der Waals surface area contributed by atoms with Gasteiger partial charge < -0.3 is 4.74 Å². The molecule has 1 fully saturated rings. The molecule has 1 aliphatic heterocycles. The standard InChI is InChI=1S/C11H22O/c1-6-9-7-10(2,3)11(4,5)8-12-9/h9H,6-8H2,1-5H3. The van der Waals surface area contributed by atoms with E-state index in [1.54, 1.807) is 0 Å². The van der Waals surface area contributed by atoms with Gasteiger partial charge >= 0.3 is 0 Å². The van der Waals surface area contributed by atoms with Crippen LogP contribution in [-0.4, -0.2) is 12.7 Å². The second-order valence-electron chi connectivity index (χ2n) is 5.31. The van der Waals surface area contributed by atoms with Crippen LogP contribution in [0.15, 0.2) is 0 Å². The number of hydrogen-bond donors (Lipinski definition) is 0. The Morgan fingerprint density at radius 1 is 1.17 bits per heavy atom. The van der Waals surface area contributed by atoms with Crippen LogP contribution >= 0.6 is 0 Å². The zero-order valence-corrected chi connectivity index (χ0v) is 9.11. The van der Waals surface area contributed by atoms with Crippen LogP contribution < -0.4 is 0 Å². The predicted molar refractivity (Wildman–Crippen MR) is 52.2 cm³/mol. The highest BCUT2D eigenvalue weighted by molar-refractivity contribution is 4.91. The van der Waals surface area contributed by atoms with Crippen LogP contribution in [0.4, 0.5) is 0 Å². The summed E-state index contributed by atoms with van der Waals surface area (Å²) in [5, 5.41) is 0. The van der Waals surface area contributed by atoms with Crippen molar-refractivity contribution in [2.45, 2.75) is 53.6 Å². The van der Waals surface area contributed by atoms with E-state index in [2.05, 4.69) is 34.6 Å². The molecule has 12 heavy (non-hydrogen) atoms. The van der Waals surface area contributed by atoms with E-state index in [1.807, 2.05) is 0 Å². The molecule has 0 aliphatic carbocycles. The van der Waals surface area contributed by atoms with Gasteiger partial charge in [0.2, 0.25) is 0 Å². The largest absolute Gasteiger partial charge is 0.378 e. The molecule has 1 atom stereocenters. The van der Waals surface area contributed by atoms with Gasteiger partial charge in [-0.15, -0.1) is 0 Å². The van der Waals surface area contributed by atoms with Crippen LogP contribution in [0.2, 0.25) is 0 Å². The van der Waals surface area contributed by atoms with Gasteiger partial charge in [-0.2, -0.15) is 0 Å². The summed E-state index contributed by atoms with van der Waals surface area (Å²) < 4.78 is 5.78. The minimum Gasteiger partial charge on any atom is -0.378 e. The van der Waals surface area contributed by atoms with Crippen molar-refractivity contribution >= 4 is 0 Å². The minimum absolute atomic E-state index is 0.332. The third-order valence-corrected chi connectivity index (χ3v) is 3.71. The number of hydrogen-bond acceptors (Lipinski definition) is 1. The molecule has 0 aromatic heterocycles. The first-order chi connectivity index (χ1) is 5.39. The third-order valence-electron chi connectivity index (χ3n) is 3.71. The Balaban J connectivity index is 2.68. The lowest BCUT2D eigenvalue weighted by Crippen LogP contribution is -2.45. The Morgan fingerprint density at radius 2 is 1.75 bits per heavy atom. The fraction of sp³-hybridized carbons (Fsp3) is 1.00. The van der Waals surface area contributed by atoms with Gasteiger partial charge in [-0.3, -0.25) is 0 Å². The average Bonchev–Trinajstić information content (AvgIpc) is 1.95. The molecule has 1 saturated heterocycles. The Morgan fingerprint density at radius 3 is 2.17 bits per heavy atom. The predicted octanol–water partition coefficient (Wildman–Crippen LogP) is 3.24. The highest BCUT2D eigenvalue weighted by atomic mass is 16.5. The minimum atomic E-state index is 0.332. The smallest absolute Gasteiger partial charge is 0.0578 e. The van der Waals surface area contributed by atoms with Crippen molar-refractivity contribution in [3.05, 3.63) is 0 Å². The summed E-state index contributed by atoms with van der Waals surface area (Å²) in [5.41, 5.74) is 0.755. The van der Waals surface area contributed by atoms with Crippen molar-refractivity contribution in [3.63, 3.8) is 0 Å². The molecule has 1 nitrogen and oxygen atoms in total. The summed E-state index contributed by atoms with van der Waals surface area (Å²) >= 11 is 0. The highest BCUT2D eigenvalue weighted by Gasteiger charge is 2.42. The van der Waals surface area contributed by atoms with E-state index in [0.717, 1.165) is 13.0 Å².